The average Bonchev–Trinajstić information content (AvgIpc) is 3.37. The first kappa shape index (κ1) is 67.2. The molecular weight excluding hydrogens is 895 g/mol. The molecule has 1 amide bonds. The molecule has 0 spiro atoms. The lowest BCUT2D eigenvalue weighted by molar-refractivity contribution is -0.305. The largest absolute Gasteiger partial charge is 0.454 e. The molecule has 0 bridgehead atoms. The second-order valence-electron chi connectivity index (χ2n) is 21.1. The van der Waals surface area contributed by atoms with Gasteiger partial charge in [-0.2, -0.15) is 0 Å². The highest BCUT2D eigenvalue weighted by atomic mass is 16.7. The Balaban J connectivity index is 2.61. The third kappa shape index (κ3) is 37.5. The van der Waals surface area contributed by atoms with Crippen molar-refractivity contribution in [2.24, 2.45) is 0 Å². The van der Waals surface area contributed by atoms with E-state index >= 15 is 0 Å². The molecule has 6 N–H and O–H groups in total. The third-order valence-electron chi connectivity index (χ3n) is 14.4. The van der Waals surface area contributed by atoms with Gasteiger partial charge >= 0.3 is 5.97 Å². The molecule has 1 fully saturated rings. The van der Waals surface area contributed by atoms with Gasteiger partial charge in [-0.3, -0.25) is 9.59 Å². The van der Waals surface area contributed by atoms with E-state index in [-0.39, 0.29) is 19.4 Å². The van der Waals surface area contributed by atoms with Gasteiger partial charge in [0.2, 0.25) is 5.91 Å². The highest BCUT2D eigenvalue weighted by Gasteiger charge is 2.47. The average molecular weight is 1010 g/mol. The maximum atomic E-state index is 13.3. The summed E-state index contributed by atoms with van der Waals surface area (Å²) < 4.78 is 17.6. The number of aliphatic hydroxyl groups is 5. The van der Waals surface area contributed by atoms with Crippen molar-refractivity contribution in [1.29, 1.82) is 0 Å². The van der Waals surface area contributed by atoms with Crippen LogP contribution in [0.3, 0.4) is 0 Å². The Bertz CT molecular complexity index is 1250. The van der Waals surface area contributed by atoms with E-state index in [1.165, 1.54) is 167 Å². The molecule has 1 rings (SSSR count). The fourth-order valence-corrected chi connectivity index (χ4v) is 9.52. The predicted molar refractivity (Wildman–Crippen MR) is 292 cm³/mol. The van der Waals surface area contributed by atoms with E-state index in [9.17, 15) is 35.1 Å². The second-order valence-corrected chi connectivity index (χ2v) is 21.1. The molecule has 11 heteroatoms. The van der Waals surface area contributed by atoms with Crippen molar-refractivity contribution in [1.82, 2.24) is 5.32 Å². The first-order chi connectivity index (χ1) is 34.7. The standard InChI is InChI=1S/C60H113NO10/c1-4-7-10-13-16-19-22-23-24-25-26-27-28-29-30-31-33-36-39-42-45-48-55(65)71-58-57(67)56(66)54(49-62)70-60(58)69-50-51(52(63)46-43-40-37-35-32-20-17-14-11-8-5-2)61-59(68)53(64)47-44-41-38-34-21-18-15-12-9-6-3/h15,18,43,46,51-54,56-58,60,62-64,66-67H,4-14,16-17,19-42,44-45,47-50H2,1-3H3,(H,61,68)/b18-15-,46-43+. The first-order valence-electron chi connectivity index (χ1n) is 30.1. The SMILES string of the molecule is CCCC/C=C\CCCCCCC(O)C(=O)NC(COC1OC(CO)C(O)C(O)C1OC(=O)CCCCCCCCCCCCCCCCCCCCCCC)C(O)/C=C/CCCCCCCCCCC. The number of hydrogen-bond acceptors (Lipinski definition) is 10. The monoisotopic (exact) mass is 1010 g/mol. The third-order valence-corrected chi connectivity index (χ3v) is 14.4. The molecule has 1 aliphatic rings. The number of hydrogen-bond donors (Lipinski definition) is 6. The summed E-state index contributed by atoms with van der Waals surface area (Å²) in [6.45, 7) is 5.74. The number of ether oxygens (including phenoxy) is 3. The van der Waals surface area contributed by atoms with Crippen LogP contribution >= 0.6 is 0 Å². The zero-order valence-corrected chi connectivity index (χ0v) is 46.1. The fraction of sp³-hybridized carbons (Fsp3) is 0.900. The zero-order chi connectivity index (χ0) is 51.8. The normalized spacial score (nSPS) is 19.7. The van der Waals surface area contributed by atoms with Crippen molar-refractivity contribution in [3.63, 3.8) is 0 Å². The number of amides is 1. The van der Waals surface area contributed by atoms with Crippen LogP contribution < -0.4 is 5.32 Å². The molecule has 71 heavy (non-hydrogen) atoms. The van der Waals surface area contributed by atoms with Crippen LogP contribution in [0.25, 0.3) is 0 Å². The molecule has 0 aromatic carbocycles. The molecule has 8 atom stereocenters. The summed E-state index contributed by atoms with van der Waals surface area (Å²) in [5.74, 6) is -1.19. The number of unbranched alkanes of at least 4 members (excludes halogenated alkanes) is 35. The van der Waals surface area contributed by atoms with Gasteiger partial charge in [-0.05, 0) is 44.9 Å². The summed E-state index contributed by atoms with van der Waals surface area (Å²) in [6.07, 6.45) is 45.3. The number of nitrogens with one attached hydrogen (secondary N) is 1. The van der Waals surface area contributed by atoms with Gasteiger partial charge in [0, 0.05) is 6.42 Å². The Kier molecular flexibility index (Phi) is 46.4. The summed E-state index contributed by atoms with van der Waals surface area (Å²) in [5.41, 5.74) is 0. The van der Waals surface area contributed by atoms with Gasteiger partial charge in [-0.1, -0.05) is 257 Å². The van der Waals surface area contributed by atoms with E-state index in [0.717, 1.165) is 70.6 Å². The minimum atomic E-state index is -1.61. The molecular formula is C60H113NO10. The van der Waals surface area contributed by atoms with Crippen LogP contribution in [-0.4, -0.2) is 99.6 Å². The van der Waals surface area contributed by atoms with E-state index in [4.69, 9.17) is 14.2 Å². The Hall–Kier alpha value is -1.86. The van der Waals surface area contributed by atoms with Crippen LogP contribution in [0.15, 0.2) is 24.3 Å². The van der Waals surface area contributed by atoms with Crippen LogP contribution in [0.5, 0.6) is 0 Å². The molecule has 418 valence electrons. The lowest BCUT2D eigenvalue weighted by Crippen LogP contribution is -2.61. The van der Waals surface area contributed by atoms with E-state index in [0.29, 0.717) is 12.8 Å². The quantitative estimate of drug-likeness (QED) is 0.0195. The van der Waals surface area contributed by atoms with Crippen molar-refractivity contribution in [3.05, 3.63) is 24.3 Å². The van der Waals surface area contributed by atoms with Gasteiger partial charge < -0.3 is 45.1 Å². The highest BCUT2D eigenvalue weighted by molar-refractivity contribution is 5.80. The first-order valence-corrected chi connectivity index (χ1v) is 30.1. The topological polar surface area (TPSA) is 175 Å². The van der Waals surface area contributed by atoms with Crippen LogP contribution in [0.4, 0.5) is 0 Å². The molecule has 0 aromatic heterocycles. The summed E-state index contributed by atoms with van der Waals surface area (Å²) >= 11 is 0. The molecule has 0 radical (unpaired) electrons. The second kappa shape index (κ2) is 49.0. The minimum Gasteiger partial charge on any atom is -0.454 e. The molecule has 0 aromatic rings. The van der Waals surface area contributed by atoms with Crippen LogP contribution in [0.1, 0.15) is 284 Å². The lowest BCUT2D eigenvalue weighted by Gasteiger charge is -2.41. The number of aliphatic hydroxyl groups excluding tert-OH is 5. The van der Waals surface area contributed by atoms with Crippen molar-refractivity contribution >= 4 is 11.9 Å². The van der Waals surface area contributed by atoms with Gasteiger partial charge in [-0.25, -0.2) is 0 Å². The fourth-order valence-electron chi connectivity index (χ4n) is 9.52. The summed E-state index contributed by atoms with van der Waals surface area (Å²) in [5, 5.41) is 56.7. The molecule has 1 saturated heterocycles. The van der Waals surface area contributed by atoms with Crippen LogP contribution in [0, 0.1) is 0 Å². The molecule has 0 saturated carbocycles. The number of allylic oxidation sites excluding steroid dienone is 3. The van der Waals surface area contributed by atoms with Crippen molar-refractivity contribution in [2.75, 3.05) is 13.2 Å². The van der Waals surface area contributed by atoms with E-state index in [1.807, 2.05) is 6.08 Å². The predicted octanol–water partition coefficient (Wildman–Crippen LogP) is 13.7. The van der Waals surface area contributed by atoms with E-state index < -0.39 is 67.4 Å². The van der Waals surface area contributed by atoms with Crippen molar-refractivity contribution in [2.45, 2.75) is 333 Å². The number of carbonyl (C=O) groups is 2. The summed E-state index contributed by atoms with van der Waals surface area (Å²) in [7, 11) is 0. The maximum absolute atomic E-state index is 13.3. The van der Waals surface area contributed by atoms with Crippen molar-refractivity contribution in [3.8, 4) is 0 Å². The summed E-state index contributed by atoms with van der Waals surface area (Å²) in [6, 6.07) is -1.02. The minimum absolute atomic E-state index is 0.129. The van der Waals surface area contributed by atoms with Gasteiger partial charge in [-0.15, -0.1) is 0 Å². The van der Waals surface area contributed by atoms with E-state index in [1.54, 1.807) is 6.08 Å². The Morgan fingerprint density at radius 2 is 0.944 bits per heavy atom. The van der Waals surface area contributed by atoms with E-state index in [2.05, 4.69) is 38.2 Å². The number of esters is 1. The van der Waals surface area contributed by atoms with Gasteiger partial charge in [0.15, 0.2) is 12.4 Å². The van der Waals surface area contributed by atoms with Crippen molar-refractivity contribution < 1.29 is 49.3 Å². The van der Waals surface area contributed by atoms with Gasteiger partial charge in [0.05, 0.1) is 25.4 Å². The van der Waals surface area contributed by atoms with Gasteiger partial charge in [0.1, 0.15) is 24.4 Å². The Labute approximate surface area is 435 Å². The number of rotatable bonds is 51. The molecule has 11 nitrogen and oxygen atoms in total. The molecule has 1 aliphatic heterocycles. The maximum Gasteiger partial charge on any atom is 0.306 e. The molecule has 8 unspecified atom stereocenters. The Morgan fingerprint density at radius 1 is 0.535 bits per heavy atom. The lowest BCUT2D eigenvalue weighted by atomic mass is 9.99. The molecule has 1 heterocycles. The number of carbonyl (C=O) groups excluding carboxylic acids is 2. The highest BCUT2D eigenvalue weighted by Crippen LogP contribution is 2.26. The smallest absolute Gasteiger partial charge is 0.306 e. The van der Waals surface area contributed by atoms with Crippen LogP contribution in [-0.2, 0) is 23.8 Å². The zero-order valence-electron chi connectivity index (χ0n) is 46.1. The van der Waals surface area contributed by atoms with Gasteiger partial charge in [0.25, 0.3) is 0 Å². The summed E-state index contributed by atoms with van der Waals surface area (Å²) in [4.78, 5) is 26.4. The van der Waals surface area contributed by atoms with Crippen LogP contribution in [0.2, 0.25) is 0 Å². The molecule has 0 aliphatic carbocycles. The Morgan fingerprint density at radius 3 is 1.41 bits per heavy atom.